The first kappa shape index (κ1) is 13.7. The van der Waals surface area contributed by atoms with Crippen molar-refractivity contribution in [3.8, 4) is 0 Å². The Hall–Kier alpha value is -1.68. The van der Waals surface area contributed by atoms with Crippen LogP contribution < -0.4 is 5.32 Å². The van der Waals surface area contributed by atoms with Gasteiger partial charge in [0.25, 0.3) is 0 Å². The average Bonchev–Trinajstić information content (AvgIpc) is 2.74. The molecule has 0 bridgehead atoms. The molecule has 0 unspecified atom stereocenters. The predicted octanol–water partition coefficient (Wildman–Crippen LogP) is 3.20. The Bertz CT molecular complexity index is 529. The largest absolute Gasteiger partial charge is 0.308 e. The molecule has 1 heterocycles. The van der Waals surface area contributed by atoms with Crippen LogP contribution in [0.3, 0.4) is 0 Å². The Morgan fingerprint density at radius 1 is 1.21 bits per heavy atom. The van der Waals surface area contributed by atoms with Crippen molar-refractivity contribution in [1.29, 1.82) is 0 Å². The minimum Gasteiger partial charge on any atom is -0.308 e. The second-order valence-corrected chi connectivity index (χ2v) is 5.02. The Balaban J connectivity index is 1.91. The van der Waals surface area contributed by atoms with Gasteiger partial charge >= 0.3 is 0 Å². The maximum atomic E-state index is 12.8. The molecule has 1 aromatic carbocycles. The molecule has 3 nitrogen and oxygen atoms in total. The highest BCUT2D eigenvalue weighted by Gasteiger charge is 2.08. The molecular weight excluding hydrogens is 241 g/mol. The van der Waals surface area contributed by atoms with E-state index in [2.05, 4.69) is 31.2 Å². The first-order chi connectivity index (χ1) is 9.08. The zero-order valence-electron chi connectivity index (χ0n) is 11.7. The van der Waals surface area contributed by atoms with Gasteiger partial charge in [0.2, 0.25) is 0 Å². The summed E-state index contributed by atoms with van der Waals surface area (Å²) in [5.74, 6) is -0.196. The van der Waals surface area contributed by atoms with Gasteiger partial charge in [-0.05, 0) is 38.5 Å². The summed E-state index contributed by atoms with van der Waals surface area (Å²) in [6.45, 7) is 7.83. The molecule has 0 atom stereocenters. The van der Waals surface area contributed by atoms with E-state index in [1.807, 2.05) is 10.9 Å². The van der Waals surface area contributed by atoms with Crippen molar-refractivity contribution < 1.29 is 4.39 Å². The van der Waals surface area contributed by atoms with Gasteiger partial charge in [-0.25, -0.2) is 4.39 Å². The van der Waals surface area contributed by atoms with Crippen LogP contribution >= 0.6 is 0 Å². The zero-order valence-corrected chi connectivity index (χ0v) is 11.7. The van der Waals surface area contributed by atoms with Crippen LogP contribution in [0.4, 0.5) is 4.39 Å². The minimum atomic E-state index is -0.196. The summed E-state index contributed by atoms with van der Waals surface area (Å²) < 4.78 is 14.8. The monoisotopic (exact) mass is 261 g/mol. The molecular formula is C15H20FN3. The second kappa shape index (κ2) is 5.97. The third-order valence-corrected chi connectivity index (χ3v) is 3.19. The highest BCUT2D eigenvalue weighted by Crippen LogP contribution is 2.12. The topological polar surface area (TPSA) is 29.9 Å². The molecule has 19 heavy (non-hydrogen) atoms. The number of halogens is 1. The quantitative estimate of drug-likeness (QED) is 0.895. The Morgan fingerprint density at radius 3 is 2.47 bits per heavy atom. The van der Waals surface area contributed by atoms with E-state index in [-0.39, 0.29) is 5.82 Å². The smallest absolute Gasteiger partial charge is 0.123 e. The fourth-order valence-corrected chi connectivity index (χ4v) is 2.10. The number of hydrogen-bond donors (Lipinski definition) is 1. The third kappa shape index (κ3) is 3.41. The fourth-order valence-electron chi connectivity index (χ4n) is 2.10. The summed E-state index contributed by atoms with van der Waals surface area (Å²) >= 11 is 0. The highest BCUT2D eigenvalue weighted by atomic mass is 19.1. The molecule has 0 saturated carbocycles. The van der Waals surface area contributed by atoms with Crippen molar-refractivity contribution in [1.82, 2.24) is 15.1 Å². The second-order valence-electron chi connectivity index (χ2n) is 5.02. The molecule has 1 N–H and O–H groups in total. The van der Waals surface area contributed by atoms with E-state index >= 15 is 0 Å². The van der Waals surface area contributed by atoms with Crippen molar-refractivity contribution in [2.45, 2.75) is 39.9 Å². The molecule has 102 valence electrons. The Morgan fingerprint density at radius 2 is 1.89 bits per heavy atom. The SMILES string of the molecule is Cc1c(CNCc2ccc(F)cc2)cnn1C(C)C. The lowest BCUT2D eigenvalue weighted by Crippen LogP contribution is -2.13. The summed E-state index contributed by atoms with van der Waals surface area (Å²) in [4.78, 5) is 0. The van der Waals surface area contributed by atoms with Crippen LogP contribution in [0.1, 0.15) is 36.7 Å². The van der Waals surface area contributed by atoms with Gasteiger partial charge in [0.05, 0.1) is 6.20 Å². The molecule has 2 rings (SSSR count). The van der Waals surface area contributed by atoms with Gasteiger partial charge in [0, 0.05) is 30.4 Å². The van der Waals surface area contributed by atoms with Crippen LogP contribution in [0.2, 0.25) is 0 Å². The molecule has 0 spiro atoms. The molecule has 2 aromatic rings. The van der Waals surface area contributed by atoms with Gasteiger partial charge in [-0.1, -0.05) is 12.1 Å². The van der Waals surface area contributed by atoms with E-state index in [9.17, 15) is 4.39 Å². The van der Waals surface area contributed by atoms with Gasteiger partial charge in [-0.15, -0.1) is 0 Å². The summed E-state index contributed by atoms with van der Waals surface area (Å²) in [5.41, 5.74) is 3.48. The molecule has 0 radical (unpaired) electrons. The first-order valence-electron chi connectivity index (χ1n) is 6.56. The van der Waals surface area contributed by atoms with E-state index in [1.165, 1.54) is 23.4 Å². The number of benzene rings is 1. The van der Waals surface area contributed by atoms with Crippen molar-refractivity contribution in [2.24, 2.45) is 0 Å². The molecule has 0 aliphatic heterocycles. The van der Waals surface area contributed by atoms with Crippen molar-refractivity contribution in [3.05, 3.63) is 53.1 Å². The molecule has 0 amide bonds. The maximum absolute atomic E-state index is 12.8. The van der Waals surface area contributed by atoms with E-state index in [4.69, 9.17) is 0 Å². The van der Waals surface area contributed by atoms with Crippen LogP contribution in [-0.4, -0.2) is 9.78 Å². The van der Waals surface area contributed by atoms with E-state index < -0.39 is 0 Å². The lowest BCUT2D eigenvalue weighted by molar-refractivity contribution is 0.517. The molecule has 4 heteroatoms. The van der Waals surface area contributed by atoms with Crippen LogP contribution in [0.25, 0.3) is 0 Å². The first-order valence-corrected chi connectivity index (χ1v) is 6.56. The van der Waals surface area contributed by atoms with Gasteiger partial charge < -0.3 is 5.32 Å². The number of nitrogens with one attached hydrogen (secondary N) is 1. The number of rotatable bonds is 5. The minimum absolute atomic E-state index is 0.196. The maximum Gasteiger partial charge on any atom is 0.123 e. The lowest BCUT2D eigenvalue weighted by atomic mass is 10.2. The fraction of sp³-hybridized carbons (Fsp3) is 0.400. The summed E-state index contributed by atoms with van der Waals surface area (Å²) in [7, 11) is 0. The van der Waals surface area contributed by atoms with Crippen LogP contribution in [-0.2, 0) is 13.1 Å². The normalized spacial score (nSPS) is 11.2. The number of hydrogen-bond acceptors (Lipinski definition) is 2. The van der Waals surface area contributed by atoms with Crippen LogP contribution in [0, 0.1) is 12.7 Å². The number of aromatic nitrogens is 2. The Kier molecular flexibility index (Phi) is 4.32. The van der Waals surface area contributed by atoms with E-state index in [0.717, 1.165) is 18.7 Å². The standard InChI is InChI=1S/C15H20FN3/c1-11(2)19-12(3)14(10-18-19)9-17-8-13-4-6-15(16)7-5-13/h4-7,10-11,17H,8-9H2,1-3H3. The van der Waals surface area contributed by atoms with Gasteiger partial charge in [-0.3, -0.25) is 4.68 Å². The van der Waals surface area contributed by atoms with Crippen LogP contribution in [0.5, 0.6) is 0 Å². The summed E-state index contributed by atoms with van der Waals surface area (Å²) in [5, 5.41) is 7.73. The molecule has 0 fully saturated rings. The third-order valence-electron chi connectivity index (χ3n) is 3.19. The van der Waals surface area contributed by atoms with E-state index in [0.29, 0.717) is 6.04 Å². The van der Waals surface area contributed by atoms with Crippen molar-refractivity contribution in [2.75, 3.05) is 0 Å². The summed E-state index contributed by atoms with van der Waals surface area (Å²) in [6.07, 6.45) is 1.91. The molecule has 1 aromatic heterocycles. The van der Waals surface area contributed by atoms with Gasteiger partial charge in [0.1, 0.15) is 5.82 Å². The van der Waals surface area contributed by atoms with Crippen molar-refractivity contribution >= 4 is 0 Å². The molecule has 0 aliphatic carbocycles. The predicted molar refractivity (Wildman–Crippen MR) is 74.3 cm³/mol. The molecule has 0 aliphatic rings. The van der Waals surface area contributed by atoms with Gasteiger partial charge in [0.15, 0.2) is 0 Å². The Labute approximate surface area is 113 Å². The van der Waals surface area contributed by atoms with Crippen LogP contribution in [0.15, 0.2) is 30.5 Å². The highest BCUT2D eigenvalue weighted by molar-refractivity contribution is 5.18. The van der Waals surface area contributed by atoms with Crippen molar-refractivity contribution in [3.63, 3.8) is 0 Å². The van der Waals surface area contributed by atoms with E-state index in [1.54, 1.807) is 12.1 Å². The van der Waals surface area contributed by atoms with Gasteiger partial charge in [-0.2, -0.15) is 5.10 Å². The molecule has 0 saturated heterocycles. The average molecular weight is 261 g/mol. The number of nitrogens with zero attached hydrogens (tertiary/aromatic N) is 2. The lowest BCUT2D eigenvalue weighted by Gasteiger charge is -2.09. The summed E-state index contributed by atoms with van der Waals surface area (Å²) in [6, 6.07) is 6.95. The zero-order chi connectivity index (χ0) is 13.8.